The van der Waals surface area contributed by atoms with Crippen LogP contribution in [0.15, 0.2) is 0 Å². The summed E-state index contributed by atoms with van der Waals surface area (Å²) in [5.74, 6) is -0.000411. The summed E-state index contributed by atoms with van der Waals surface area (Å²) in [6.45, 7) is 6.92. The van der Waals surface area contributed by atoms with Crippen molar-refractivity contribution in [1.29, 1.82) is 0 Å². The summed E-state index contributed by atoms with van der Waals surface area (Å²) in [6, 6.07) is 0. The fraction of sp³-hybridized carbons (Fsp3) is 0.900. The SMILES string of the molecule is CCCOC(=O)C(COC)C(C)C. The van der Waals surface area contributed by atoms with E-state index in [1.807, 2.05) is 20.8 Å². The van der Waals surface area contributed by atoms with Crippen LogP contribution in [0, 0.1) is 11.8 Å². The molecule has 0 heterocycles. The molecule has 0 aliphatic heterocycles. The van der Waals surface area contributed by atoms with Crippen molar-refractivity contribution in [3.63, 3.8) is 0 Å². The molecule has 0 bridgehead atoms. The van der Waals surface area contributed by atoms with Gasteiger partial charge in [-0.15, -0.1) is 0 Å². The van der Waals surface area contributed by atoms with Crippen LogP contribution < -0.4 is 0 Å². The zero-order valence-electron chi connectivity index (χ0n) is 9.00. The number of esters is 1. The maximum atomic E-state index is 11.4. The molecule has 13 heavy (non-hydrogen) atoms. The molecule has 0 aromatic heterocycles. The van der Waals surface area contributed by atoms with E-state index in [4.69, 9.17) is 9.47 Å². The van der Waals surface area contributed by atoms with Crippen LogP contribution in [-0.4, -0.2) is 26.3 Å². The molecule has 0 spiro atoms. The molecule has 0 aromatic rings. The van der Waals surface area contributed by atoms with Crippen molar-refractivity contribution in [2.75, 3.05) is 20.3 Å². The molecule has 3 heteroatoms. The van der Waals surface area contributed by atoms with Gasteiger partial charge < -0.3 is 9.47 Å². The van der Waals surface area contributed by atoms with Crippen LogP contribution in [0.4, 0.5) is 0 Å². The number of rotatable bonds is 6. The summed E-state index contributed by atoms with van der Waals surface area (Å²) >= 11 is 0. The highest BCUT2D eigenvalue weighted by Gasteiger charge is 2.23. The minimum atomic E-state index is -0.140. The summed E-state index contributed by atoms with van der Waals surface area (Å²) in [5, 5.41) is 0. The molecule has 1 atom stereocenters. The molecule has 0 rings (SSSR count). The first-order valence-corrected chi connectivity index (χ1v) is 4.79. The van der Waals surface area contributed by atoms with Crippen molar-refractivity contribution in [3.8, 4) is 0 Å². The van der Waals surface area contributed by atoms with Gasteiger partial charge in [0.1, 0.15) is 0 Å². The van der Waals surface area contributed by atoms with E-state index >= 15 is 0 Å². The zero-order chi connectivity index (χ0) is 10.3. The van der Waals surface area contributed by atoms with Gasteiger partial charge in [-0.05, 0) is 12.3 Å². The Balaban J connectivity index is 3.96. The van der Waals surface area contributed by atoms with Gasteiger partial charge in [0, 0.05) is 7.11 Å². The highest BCUT2D eigenvalue weighted by atomic mass is 16.5. The predicted octanol–water partition coefficient (Wildman–Crippen LogP) is 1.86. The second-order valence-electron chi connectivity index (χ2n) is 3.47. The highest BCUT2D eigenvalue weighted by Crippen LogP contribution is 2.13. The first kappa shape index (κ1) is 12.4. The summed E-state index contributed by atoms with van der Waals surface area (Å²) in [5.41, 5.74) is 0. The van der Waals surface area contributed by atoms with E-state index in [0.717, 1.165) is 6.42 Å². The standard InChI is InChI=1S/C10H20O3/c1-5-6-13-10(11)9(7-12-4)8(2)3/h8-9H,5-7H2,1-4H3. The number of ether oxygens (including phenoxy) is 2. The summed E-state index contributed by atoms with van der Waals surface area (Å²) in [6.07, 6.45) is 0.865. The molecule has 78 valence electrons. The molecular weight excluding hydrogens is 168 g/mol. The lowest BCUT2D eigenvalue weighted by atomic mass is 9.97. The molecular formula is C10H20O3. The van der Waals surface area contributed by atoms with Crippen LogP contribution in [-0.2, 0) is 14.3 Å². The van der Waals surface area contributed by atoms with Gasteiger partial charge in [0.25, 0.3) is 0 Å². The van der Waals surface area contributed by atoms with Crippen LogP contribution in [0.1, 0.15) is 27.2 Å². The molecule has 0 N–H and O–H groups in total. The minimum Gasteiger partial charge on any atom is -0.465 e. The maximum Gasteiger partial charge on any atom is 0.311 e. The molecule has 0 aromatic carbocycles. The second-order valence-corrected chi connectivity index (χ2v) is 3.47. The Bertz CT molecular complexity index is 143. The van der Waals surface area contributed by atoms with E-state index in [-0.39, 0.29) is 17.8 Å². The lowest BCUT2D eigenvalue weighted by Gasteiger charge is -2.17. The monoisotopic (exact) mass is 188 g/mol. The number of carbonyl (C=O) groups is 1. The van der Waals surface area contributed by atoms with Gasteiger partial charge in [0.15, 0.2) is 0 Å². The van der Waals surface area contributed by atoms with Gasteiger partial charge in [-0.2, -0.15) is 0 Å². The maximum absolute atomic E-state index is 11.4. The molecule has 0 radical (unpaired) electrons. The van der Waals surface area contributed by atoms with Gasteiger partial charge >= 0.3 is 5.97 Å². The molecule has 0 aliphatic carbocycles. The van der Waals surface area contributed by atoms with Crippen molar-refractivity contribution < 1.29 is 14.3 Å². The quantitative estimate of drug-likeness (QED) is 0.597. The number of hydrogen-bond acceptors (Lipinski definition) is 3. The third-order valence-corrected chi connectivity index (χ3v) is 1.90. The van der Waals surface area contributed by atoms with Crippen molar-refractivity contribution in [2.24, 2.45) is 11.8 Å². The zero-order valence-corrected chi connectivity index (χ0v) is 9.00. The van der Waals surface area contributed by atoms with Gasteiger partial charge in [0.05, 0.1) is 19.1 Å². The van der Waals surface area contributed by atoms with E-state index in [1.54, 1.807) is 7.11 Å². The van der Waals surface area contributed by atoms with Gasteiger partial charge in [-0.3, -0.25) is 4.79 Å². The Kier molecular flexibility index (Phi) is 6.59. The van der Waals surface area contributed by atoms with Gasteiger partial charge in [-0.25, -0.2) is 0 Å². The molecule has 3 nitrogen and oxygen atoms in total. The van der Waals surface area contributed by atoms with Crippen molar-refractivity contribution in [1.82, 2.24) is 0 Å². The van der Waals surface area contributed by atoms with E-state index < -0.39 is 0 Å². The Hall–Kier alpha value is -0.570. The number of hydrogen-bond donors (Lipinski definition) is 0. The highest BCUT2D eigenvalue weighted by molar-refractivity contribution is 5.72. The molecule has 0 amide bonds. The molecule has 0 saturated heterocycles. The Morgan fingerprint density at radius 2 is 2.00 bits per heavy atom. The summed E-state index contributed by atoms with van der Waals surface area (Å²) in [4.78, 5) is 11.4. The average molecular weight is 188 g/mol. The van der Waals surface area contributed by atoms with Crippen molar-refractivity contribution in [3.05, 3.63) is 0 Å². The molecule has 0 saturated carbocycles. The van der Waals surface area contributed by atoms with Crippen LogP contribution >= 0.6 is 0 Å². The van der Waals surface area contributed by atoms with Gasteiger partial charge in [-0.1, -0.05) is 20.8 Å². The van der Waals surface area contributed by atoms with E-state index in [0.29, 0.717) is 13.2 Å². The summed E-state index contributed by atoms with van der Waals surface area (Å²) < 4.78 is 10.0. The Morgan fingerprint density at radius 1 is 1.38 bits per heavy atom. The van der Waals surface area contributed by atoms with Crippen molar-refractivity contribution >= 4 is 5.97 Å². The molecule has 0 aliphatic rings. The lowest BCUT2D eigenvalue weighted by molar-refractivity contribution is -0.152. The smallest absolute Gasteiger partial charge is 0.311 e. The van der Waals surface area contributed by atoms with Crippen molar-refractivity contribution in [2.45, 2.75) is 27.2 Å². The first-order chi connectivity index (χ1) is 6.13. The van der Waals surface area contributed by atoms with E-state index in [9.17, 15) is 4.79 Å². The Morgan fingerprint density at radius 3 is 2.38 bits per heavy atom. The Labute approximate surface area is 80.4 Å². The lowest BCUT2D eigenvalue weighted by Crippen LogP contribution is -2.27. The van der Waals surface area contributed by atoms with E-state index in [2.05, 4.69) is 0 Å². The molecule has 0 fully saturated rings. The predicted molar refractivity (Wildman–Crippen MR) is 51.5 cm³/mol. The third kappa shape index (κ3) is 4.88. The van der Waals surface area contributed by atoms with Gasteiger partial charge in [0.2, 0.25) is 0 Å². The summed E-state index contributed by atoms with van der Waals surface area (Å²) in [7, 11) is 1.60. The van der Waals surface area contributed by atoms with Crippen LogP contribution in [0.3, 0.4) is 0 Å². The fourth-order valence-corrected chi connectivity index (χ4v) is 1.02. The van der Waals surface area contributed by atoms with Crippen LogP contribution in [0.5, 0.6) is 0 Å². The third-order valence-electron chi connectivity index (χ3n) is 1.90. The molecule has 1 unspecified atom stereocenters. The van der Waals surface area contributed by atoms with Crippen LogP contribution in [0.2, 0.25) is 0 Å². The largest absolute Gasteiger partial charge is 0.465 e. The minimum absolute atomic E-state index is 0.128. The number of methoxy groups -OCH3 is 1. The van der Waals surface area contributed by atoms with Crippen LogP contribution in [0.25, 0.3) is 0 Å². The first-order valence-electron chi connectivity index (χ1n) is 4.79. The fourth-order valence-electron chi connectivity index (χ4n) is 1.02. The number of carbonyl (C=O) groups excluding carboxylic acids is 1. The average Bonchev–Trinajstić information content (AvgIpc) is 2.09. The second kappa shape index (κ2) is 6.89. The normalized spacial score (nSPS) is 13.0. The topological polar surface area (TPSA) is 35.5 Å². The van der Waals surface area contributed by atoms with E-state index in [1.165, 1.54) is 0 Å².